The van der Waals surface area contributed by atoms with Gasteiger partial charge in [0.25, 0.3) is 0 Å². The fourth-order valence-corrected chi connectivity index (χ4v) is 23.6. The Bertz CT molecular complexity index is 1570. The predicted molar refractivity (Wildman–Crippen MR) is 163 cm³/mol. The van der Waals surface area contributed by atoms with Crippen LogP contribution in [0.25, 0.3) is 28.3 Å². The molecule has 0 bridgehead atoms. The molecular formula is C33H32Cl2SiZr. The fourth-order valence-electron chi connectivity index (χ4n) is 6.54. The van der Waals surface area contributed by atoms with Crippen molar-refractivity contribution in [2.75, 3.05) is 0 Å². The number of allylic oxidation sites excluding steroid dienone is 1. The van der Waals surface area contributed by atoms with Gasteiger partial charge in [0.05, 0.1) is 0 Å². The zero-order valence-electron chi connectivity index (χ0n) is 21.9. The molecule has 0 spiro atoms. The first-order valence-corrected chi connectivity index (χ1v) is 23.7. The molecule has 1 heterocycles. The molecule has 0 saturated carbocycles. The molecule has 37 heavy (non-hydrogen) atoms. The van der Waals surface area contributed by atoms with Crippen molar-refractivity contribution in [2.24, 2.45) is 5.92 Å². The molecule has 1 aliphatic heterocycles. The first kappa shape index (κ1) is 25.6. The van der Waals surface area contributed by atoms with Gasteiger partial charge in [-0.05, 0) is 0 Å². The summed E-state index contributed by atoms with van der Waals surface area (Å²) in [4.78, 5) is 0. The first-order chi connectivity index (χ1) is 17.8. The van der Waals surface area contributed by atoms with Crippen LogP contribution in [0.15, 0.2) is 84.4 Å². The van der Waals surface area contributed by atoms with Gasteiger partial charge in [0.2, 0.25) is 0 Å². The average molecular weight is 619 g/mol. The van der Waals surface area contributed by atoms with E-state index in [2.05, 4.69) is 113 Å². The van der Waals surface area contributed by atoms with Crippen LogP contribution in [0.3, 0.4) is 0 Å². The number of hydrogen-bond acceptors (Lipinski definition) is 0. The zero-order valence-corrected chi connectivity index (χ0v) is 27.3. The molecule has 0 N–H and O–H groups in total. The average Bonchev–Trinajstić information content (AvgIpc) is 3.48. The molecule has 4 aromatic carbocycles. The van der Waals surface area contributed by atoms with Crippen LogP contribution in [0, 0.1) is 12.8 Å². The van der Waals surface area contributed by atoms with Gasteiger partial charge >= 0.3 is 237 Å². The van der Waals surface area contributed by atoms with Crippen molar-refractivity contribution in [3.8, 4) is 22.3 Å². The molecule has 0 saturated heterocycles. The Balaban J connectivity index is 1.55. The fraction of sp³-hybridized carbons (Fsp3) is 0.212. The second-order valence-corrected chi connectivity index (χ2v) is 26.6. The zero-order chi connectivity index (χ0) is 25.9. The summed E-state index contributed by atoms with van der Waals surface area (Å²) >= 11 is -3.95. The SMILES string of the molecule is CCc1ccccc1-c1c(C)ccc2c1C=C(C(C)C)[CH]2[Zr]([Cl])([Cl])[c]1cccc2c1[SiH2]c1ccccc1-2. The second kappa shape index (κ2) is 9.80. The summed E-state index contributed by atoms with van der Waals surface area (Å²) in [5, 5.41) is 3.01. The van der Waals surface area contributed by atoms with Crippen molar-refractivity contribution in [1.82, 2.24) is 0 Å². The maximum atomic E-state index is 7.81. The Hall–Kier alpha value is -1.70. The second-order valence-electron chi connectivity index (χ2n) is 10.8. The van der Waals surface area contributed by atoms with Crippen LogP contribution in [0.4, 0.5) is 0 Å². The maximum absolute atomic E-state index is 7.81. The van der Waals surface area contributed by atoms with Crippen LogP contribution in [0.2, 0.25) is 0 Å². The number of benzene rings is 4. The summed E-state index contributed by atoms with van der Waals surface area (Å²) in [6.45, 7) is 9.08. The molecule has 0 nitrogen and oxygen atoms in total. The standard InChI is InChI=1S/C21H23.C12H9Si.2ClH.Zr/c1-5-16-8-6-7-9-19(16)21-15(4)10-11-17-12-18(14(2)3)13-20(17)21;1-3-7-11-9(5-1)10-6-2-4-8-12(10)13-11;;;/h6-14H,5H2,1-4H3;1-7H,13H2;2*1H;/q;;;;+2/p-2. The molecule has 1 atom stereocenters. The normalized spacial score (nSPS) is 16.6. The van der Waals surface area contributed by atoms with Gasteiger partial charge in [-0.25, -0.2) is 0 Å². The van der Waals surface area contributed by atoms with Crippen LogP contribution < -0.4 is 13.6 Å². The summed E-state index contributed by atoms with van der Waals surface area (Å²) in [6.07, 6.45) is 3.46. The summed E-state index contributed by atoms with van der Waals surface area (Å²) in [6, 6.07) is 29.1. The van der Waals surface area contributed by atoms with Crippen molar-refractivity contribution in [2.45, 2.75) is 37.7 Å². The molecule has 6 rings (SSSR count). The van der Waals surface area contributed by atoms with Gasteiger partial charge in [0.1, 0.15) is 0 Å². The van der Waals surface area contributed by atoms with Crippen LogP contribution in [-0.4, -0.2) is 9.52 Å². The molecule has 0 amide bonds. The Kier molecular flexibility index (Phi) is 6.77. The van der Waals surface area contributed by atoms with Crippen LogP contribution >= 0.6 is 17.0 Å². The number of fused-ring (bicyclic) bond motifs is 4. The first-order valence-electron chi connectivity index (χ1n) is 13.3. The Morgan fingerprint density at radius 3 is 2.30 bits per heavy atom. The Labute approximate surface area is 235 Å². The van der Waals surface area contributed by atoms with Gasteiger partial charge < -0.3 is 0 Å². The molecule has 0 aromatic heterocycles. The minimum absolute atomic E-state index is 0.116. The number of aryl methyl sites for hydroxylation is 2. The molecule has 1 unspecified atom stereocenters. The minimum atomic E-state index is -3.95. The van der Waals surface area contributed by atoms with Crippen molar-refractivity contribution in [3.63, 3.8) is 0 Å². The summed E-state index contributed by atoms with van der Waals surface area (Å²) in [5.74, 6) is 0.381. The summed E-state index contributed by atoms with van der Waals surface area (Å²) in [7, 11) is 15.0. The number of hydrogen-bond donors (Lipinski definition) is 0. The quantitative estimate of drug-likeness (QED) is 0.183. The van der Waals surface area contributed by atoms with Crippen molar-refractivity contribution in [3.05, 3.63) is 107 Å². The Morgan fingerprint density at radius 2 is 1.54 bits per heavy atom. The van der Waals surface area contributed by atoms with Gasteiger partial charge in [0.15, 0.2) is 0 Å². The van der Waals surface area contributed by atoms with E-state index in [1.165, 1.54) is 63.7 Å². The molecule has 4 aromatic rings. The van der Waals surface area contributed by atoms with E-state index in [0.29, 0.717) is 5.92 Å². The van der Waals surface area contributed by atoms with E-state index in [0.717, 1.165) is 6.42 Å². The molecule has 2 aliphatic rings. The van der Waals surface area contributed by atoms with E-state index < -0.39 is 27.4 Å². The molecule has 0 radical (unpaired) electrons. The molecule has 0 fully saturated rings. The molecule has 186 valence electrons. The van der Waals surface area contributed by atoms with Gasteiger partial charge in [-0.2, -0.15) is 0 Å². The van der Waals surface area contributed by atoms with E-state index >= 15 is 0 Å². The van der Waals surface area contributed by atoms with Crippen molar-refractivity contribution >= 4 is 46.3 Å². The van der Waals surface area contributed by atoms with Crippen LogP contribution in [-0.2, 0) is 24.3 Å². The van der Waals surface area contributed by atoms with Gasteiger partial charge in [-0.15, -0.1) is 0 Å². The Morgan fingerprint density at radius 1 is 0.838 bits per heavy atom. The predicted octanol–water partition coefficient (Wildman–Crippen LogP) is 7.21. The number of halogens is 2. The van der Waals surface area contributed by atoms with Crippen LogP contribution in [0.1, 0.15) is 46.7 Å². The molecule has 1 aliphatic carbocycles. The third-order valence-corrected chi connectivity index (χ3v) is 22.6. The van der Waals surface area contributed by atoms with E-state index in [-0.39, 0.29) is 3.63 Å². The van der Waals surface area contributed by atoms with E-state index in [1.54, 1.807) is 0 Å². The summed E-state index contributed by atoms with van der Waals surface area (Å²) in [5.41, 5.74) is 12.2. The van der Waals surface area contributed by atoms with E-state index in [4.69, 9.17) is 17.0 Å². The van der Waals surface area contributed by atoms with Crippen molar-refractivity contribution < 1.29 is 17.9 Å². The van der Waals surface area contributed by atoms with Gasteiger partial charge in [-0.1, -0.05) is 0 Å². The van der Waals surface area contributed by atoms with Crippen molar-refractivity contribution in [1.29, 1.82) is 0 Å². The molecular weight excluding hydrogens is 587 g/mol. The topological polar surface area (TPSA) is 0 Å². The van der Waals surface area contributed by atoms with Crippen LogP contribution in [0.5, 0.6) is 0 Å². The third kappa shape index (κ3) is 4.11. The molecule has 4 heteroatoms. The van der Waals surface area contributed by atoms with E-state index in [9.17, 15) is 0 Å². The number of rotatable bonds is 5. The third-order valence-electron chi connectivity index (χ3n) is 8.35. The monoisotopic (exact) mass is 616 g/mol. The van der Waals surface area contributed by atoms with Gasteiger partial charge in [-0.3, -0.25) is 0 Å². The van der Waals surface area contributed by atoms with E-state index in [1.807, 2.05) is 0 Å². The van der Waals surface area contributed by atoms with Gasteiger partial charge in [0, 0.05) is 0 Å². The summed E-state index contributed by atoms with van der Waals surface area (Å²) < 4.78 is 1.42.